The van der Waals surface area contributed by atoms with Crippen LogP contribution in [-0.4, -0.2) is 36.2 Å². The van der Waals surface area contributed by atoms with Crippen LogP contribution in [0.1, 0.15) is 37.7 Å². The summed E-state index contributed by atoms with van der Waals surface area (Å²) in [6.45, 7) is 2.50. The lowest BCUT2D eigenvalue weighted by molar-refractivity contribution is -0.153. The van der Waals surface area contributed by atoms with Crippen molar-refractivity contribution in [2.24, 2.45) is 11.3 Å². The van der Waals surface area contributed by atoms with Crippen LogP contribution in [-0.2, 0) is 11.3 Å². The fourth-order valence-electron chi connectivity index (χ4n) is 3.65. The lowest BCUT2D eigenvalue weighted by Gasteiger charge is -2.40. The third kappa shape index (κ3) is 3.43. The number of hydrogen-bond donors (Lipinski definition) is 1. The van der Waals surface area contributed by atoms with E-state index in [4.69, 9.17) is 4.74 Å². The molecule has 0 spiro atoms. The molecule has 1 aromatic carbocycles. The molecular formula is C18H25NO3. The number of aliphatic carboxylic acids is 1. The number of likely N-dealkylation sites (tertiary alicyclic amines) is 1. The van der Waals surface area contributed by atoms with E-state index in [1.165, 1.54) is 18.4 Å². The first-order valence-electron chi connectivity index (χ1n) is 8.20. The van der Waals surface area contributed by atoms with Gasteiger partial charge in [-0.05, 0) is 49.4 Å². The zero-order valence-corrected chi connectivity index (χ0v) is 13.3. The molecule has 0 unspecified atom stereocenters. The highest BCUT2D eigenvalue weighted by molar-refractivity contribution is 5.75. The molecule has 4 nitrogen and oxygen atoms in total. The van der Waals surface area contributed by atoms with Crippen LogP contribution in [0.3, 0.4) is 0 Å². The summed E-state index contributed by atoms with van der Waals surface area (Å²) in [5.41, 5.74) is 0.694. The second-order valence-electron chi connectivity index (χ2n) is 6.90. The van der Waals surface area contributed by atoms with Crippen LogP contribution in [0.25, 0.3) is 0 Å². The largest absolute Gasteiger partial charge is 0.497 e. The van der Waals surface area contributed by atoms with E-state index in [0.29, 0.717) is 12.5 Å². The molecule has 1 atom stereocenters. The van der Waals surface area contributed by atoms with Gasteiger partial charge in [-0.1, -0.05) is 25.0 Å². The van der Waals surface area contributed by atoms with Gasteiger partial charge in [-0.15, -0.1) is 0 Å². The summed E-state index contributed by atoms with van der Waals surface area (Å²) >= 11 is 0. The molecular weight excluding hydrogens is 278 g/mol. The molecule has 1 aliphatic carbocycles. The molecule has 22 heavy (non-hydrogen) atoms. The van der Waals surface area contributed by atoms with E-state index < -0.39 is 11.4 Å². The average Bonchev–Trinajstić information content (AvgIpc) is 3.32. The van der Waals surface area contributed by atoms with Gasteiger partial charge in [-0.2, -0.15) is 0 Å². The van der Waals surface area contributed by atoms with Crippen LogP contribution in [0.15, 0.2) is 24.3 Å². The van der Waals surface area contributed by atoms with Gasteiger partial charge in [0, 0.05) is 13.1 Å². The Morgan fingerprint density at radius 3 is 2.68 bits per heavy atom. The van der Waals surface area contributed by atoms with Crippen molar-refractivity contribution in [3.63, 3.8) is 0 Å². The van der Waals surface area contributed by atoms with E-state index in [1.54, 1.807) is 7.11 Å². The van der Waals surface area contributed by atoms with Crippen molar-refractivity contribution in [1.82, 2.24) is 4.90 Å². The fourth-order valence-corrected chi connectivity index (χ4v) is 3.65. The second-order valence-corrected chi connectivity index (χ2v) is 6.90. The van der Waals surface area contributed by atoms with Gasteiger partial charge in [0.1, 0.15) is 5.75 Å². The Morgan fingerprint density at radius 1 is 1.36 bits per heavy atom. The minimum Gasteiger partial charge on any atom is -0.497 e. The predicted octanol–water partition coefficient (Wildman–Crippen LogP) is 3.16. The van der Waals surface area contributed by atoms with Crippen molar-refractivity contribution < 1.29 is 14.6 Å². The first kappa shape index (κ1) is 15.3. The molecule has 1 N–H and O–H groups in total. The fraction of sp³-hybridized carbons (Fsp3) is 0.611. The SMILES string of the molecule is COc1ccc(CN2CCC[C@](CC3CC3)(C(=O)O)C2)cc1. The minimum atomic E-state index is -0.598. The number of methoxy groups -OCH3 is 1. The van der Waals surface area contributed by atoms with Crippen LogP contribution in [0, 0.1) is 11.3 Å². The predicted molar refractivity (Wildman–Crippen MR) is 84.9 cm³/mol. The quantitative estimate of drug-likeness (QED) is 0.877. The Bertz CT molecular complexity index is 524. The highest BCUT2D eigenvalue weighted by Crippen LogP contribution is 2.45. The van der Waals surface area contributed by atoms with Gasteiger partial charge in [0.05, 0.1) is 12.5 Å². The second kappa shape index (κ2) is 6.29. The van der Waals surface area contributed by atoms with Gasteiger partial charge >= 0.3 is 5.97 Å². The van der Waals surface area contributed by atoms with Crippen molar-refractivity contribution in [2.75, 3.05) is 20.2 Å². The number of piperidine rings is 1. The zero-order valence-electron chi connectivity index (χ0n) is 13.3. The standard InChI is InChI=1S/C18H25NO3/c1-22-16-7-5-15(6-8-16)12-19-10-2-9-18(13-19,17(20)21)11-14-3-4-14/h5-8,14H,2-4,9-13H2,1H3,(H,20,21)/t18-/m1/s1. The van der Waals surface area contributed by atoms with E-state index >= 15 is 0 Å². The monoisotopic (exact) mass is 303 g/mol. The van der Waals surface area contributed by atoms with Gasteiger partial charge < -0.3 is 9.84 Å². The van der Waals surface area contributed by atoms with Crippen molar-refractivity contribution in [1.29, 1.82) is 0 Å². The van der Waals surface area contributed by atoms with Gasteiger partial charge in [-0.25, -0.2) is 0 Å². The maximum Gasteiger partial charge on any atom is 0.310 e. The molecule has 120 valence electrons. The molecule has 2 aliphatic rings. The number of carbonyl (C=O) groups is 1. The summed E-state index contributed by atoms with van der Waals surface area (Å²) in [6, 6.07) is 8.06. The Kier molecular flexibility index (Phi) is 4.39. The van der Waals surface area contributed by atoms with Crippen molar-refractivity contribution in [3.8, 4) is 5.75 Å². The number of benzene rings is 1. The van der Waals surface area contributed by atoms with Gasteiger partial charge in [-0.3, -0.25) is 9.69 Å². The first-order valence-corrected chi connectivity index (χ1v) is 8.20. The third-order valence-corrected chi connectivity index (χ3v) is 5.05. The molecule has 3 rings (SSSR count). The molecule has 0 radical (unpaired) electrons. The van der Waals surface area contributed by atoms with Gasteiger partial charge in [0.2, 0.25) is 0 Å². The molecule has 0 aromatic heterocycles. The lowest BCUT2D eigenvalue weighted by atomic mass is 9.75. The van der Waals surface area contributed by atoms with Crippen LogP contribution < -0.4 is 4.74 Å². The van der Waals surface area contributed by atoms with E-state index in [2.05, 4.69) is 17.0 Å². The maximum atomic E-state index is 11.9. The summed E-state index contributed by atoms with van der Waals surface area (Å²) < 4.78 is 5.18. The van der Waals surface area contributed by atoms with Crippen LogP contribution in [0.2, 0.25) is 0 Å². The molecule has 0 bridgehead atoms. The molecule has 1 aliphatic heterocycles. The molecule has 2 fully saturated rings. The number of hydrogen-bond acceptors (Lipinski definition) is 3. The molecule has 1 saturated carbocycles. The number of ether oxygens (including phenoxy) is 1. The number of rotatable bonds is 6. The smallest absolute Gasteiger partial charge is 0.310 e. The summed E-state index contributed by atoms with van der Waals surface area (Å²) in [5, 5.41) is 9.77. The molecule has 1 heterocycles. The Hall–Kier alpha value is -1.55. The minimum absolute atomic E-state index is 0.522. The summed E-state index contributed by atoms with van der Waals surface area (Å²) in [6.07, 6.45) is 5.11. The molecule has 0 amide bonds. The van der Waals surface area contributed by atoms with E-state index in [0.717, 1.165) is 38.1 Å². The Morgan fingerprint density at radius 2 is 2.09 bits per heavy atom. The van der Waals surface area contributed by atoms with Crippen LogP contribution >= 0.6 is 0 Å². The number of carboxylic acid groups (broad SMARTS) is 1. The maximum absolute atomic E-state index is 11.9. The topological polar surface area (TPSA) is 49.8 Å². The van der Waals surface area contributed by atoms with E-state index in [-0.39, 0.29) is 0 Å². The van der Waals surface area contributed by atoms with Gasteiger partial charge in [0.15, 0.2) is 0 Å². The van der Waals surface area contributed by atoms with Gasteiger partial charge in [0.25, 0.3) is 0 Å². The summed E-state index contributed by atoms with van der Waals surface area (Å²) in [4.78, 5) is 14.2. The Labute approximate surface area is 132 Å². The molecule has 4 heteroatoms. The summed E-state index contributed by atoms with van der Waals surface area (Å²) in [5.74, 6) is 0.909. The lowest BCUT2D eigenvalue weighted by Crippen LogP contribution is -2.47. The van der Waals surface area contributed by atoms with Crippen molar-refractivity contribution >= 4 is 5.97 Å². The number of nitrogens with zero attached hydrogens (tertiary/aromatic N) is 1. The molecule has 1 aromatic rings. The summed E-state index contributed by atoms with van der Waals surface area (Å²) in [7, 11) is 1.67. The third-order valence-electron chi connectivity index (χ3n) is 5.05. The Balaban J connectivity index is 1.66. The van der Waals surface area contributed by atoms with Crippen LogP contribution in [0.5, 0.6) is 5.75 Å². The van der Waals surface area contributed by atoms with Crippen molar-refractivity contribution in [3.05, 3.63) is 29.8 Å². The van der Waals surface area contributed by atoms with E-state index in [9.17, 15) is 9.90 Å². The normalized spacial score (nSPS) is 25.9. The average molecular weight is 303 g/mol. The highest BCUT2D eigenvalue weighted by Gasteiger charge is 2.45. The van der Waals surface area contributed by atoms with Crippen molar-refractivity contribution in [2.45, 2.75) is 38.6 Å². The first-order chi connectivity index (χ1) is 10.6. The highest BCUT2D eigenvalue weighted by atomic mass is 16.5. The number of carboxylic acids is 1. The molecule has 1 saturated heterocycles. The zero-order chi connectivity index (χ0) is 15.6. The van der Waals surface area contributed by atoms with E-state index in [1.807, 2.05) is 12.1 Å². The van der Waals surface area contributed by atoms with Crippen LogP contribution in [0.4, 0.5) is 0 Å².